The van der Waals surface area contributed by atoms with E-state index >= 15 is 0 Å². The highest BCUT2D eigenvalue weighted by Crippen LogP contribution is 2.38. The van der Waals surface area contributed by atoms with E-state index in [1.807, 2.05) is 0 Å². The van der Waals surface area contributed by atoms with E-state index in [2.05, 4.69) is 4.99 Å². The Bertz CT molecular complexity index is 774. The Kier molecular flexibility index (Phi) is 4.42. The molecular formula is C15H11ClFN2O3-. The molecular weight excluding hydrogens is 311 g/mol. The van der Waals surface area contributed by atoms with Crippen molar-refractivity contribution in [2.24, 2.45) is 4.99 Å². The van der Waals surface area contributed by atoms with Crippen LogP contribution in [0.4, 0.5) is 15.8 Å². The summed E-state index contributed by atoms with van der Waals surface area (Å²) in [6.07, 6.45) is 1.21. The standard InChI is InChI=1S/C15H12ClFN2O3/c1-8-12(7-18-11-5-3-10(17)4-6-11)15(20)14(19(21)22)9(2)13(8)16/h3-7,20H,1-2H3/p-1. The zero-order chi connectivity index (χ0) is 16.4. The predicted octanol–water partition coefficient (Wildman–Crippen LogP) is 3.83. The number of aliphatic imine (C=N–C) groups is 1. The zero-order valence-corrected chi connectivity index (χ0v) is 12.5. The molecule has 0 fully saturated rings. The lowest BCUT2D eigenvalue weighted by Gasteiger charge is -2.17. The van der Waals surface area contributed by atoms with Gasteiger partial charge in [0, 0.05) is 11.8 Å². The van der Waals surface area contributed by atoms with E-state index in [1.54, 1.807) is 6.92 Å². The number of nitrogens with zero attached hydrogens (tertiary/aromatic N) is 2. The normalized spacial score (nSPS) is 11.1. The molecule has 2 aromatic carbocycles. The van der Waals surface area contributed by atoms with Gasteiger partial charge in [0.05, 0.1) is 15.6 Å². The van der Waals surface area contributed by atoms with Crippen LogP contribution in [0, 0.1) is 29.8 Å². The van der Waals surface area contributed by atoms with Crippen LogP contribution in [0.3, 0.4) is 0 Å². The summed E-state index contributed by atoms with van der Waals surface area (Å²) < 4.78 is 12.8. The van der Waals surface area contributed by atoms with Gasteiger partial charge in [-0.25, -0.2) is 4.39 Å². The average Bonchev–Trinajstić information content (AvgIpc) is 2.46. The fourth-order valence-corrected chi connectivity index (χ4v) is 2.20. The molecule has 0 saturated heterocycles. The van der Waals surface area contributed by atoms with Gasteiger partial charge in [-0.3, -0.25) is 15.1 Å². The summed E-state index contributed by atoms with van der Waals surface area (Å²) >= 11 is 6.05. The summed E-state index contributed by atoms with van der Waals surface area (Å²) in [6.45, 7) is 3.02. The van der Waals surface area contributed by atoms with Crippen LogP contribution < -0.4 is 5.11 Å². The van der Waals surface area contributed by atoms with Gasteiger partial charge in [-0.2, -0.15) is 0 Å². The van der Waals surface area contributed by atoms with Gasteiger partial charge in [0.25, 0.3) is 5.69 Å². The van der Waals surface area contributed by atoms with Gasteiger partial charge in [-0.05, 0) is 55.0 Å². The highest BCUT2D eigenvalue weighted by molar-refractivity contribution is 6.33. The Hall–Kier alpha value is -2.47. The molecule has 0 spiro atoms. The summed E-state index contributed by atoms with van der Waals surface area (Å²) in [4.78, 5) is 14.3. The third-order valence-corrected chi connectivity index (χ3v) is 3.80. The number of hydrogen-bond acceptors (Lipinski definition) is 4. The van der Waals surface area contributed by atoms with Gasteiger partial charge in [-0.15, -0.1) is 0 Å². The third-order valence-electron chi connectivity index (χ3n) is 3.23. The molecule has 0 bridgehead atoms. The minimum Gasteiger partial charge on any atom is -0.867 e. The lowest BCUT2D eigenvalue weighted by molar-refractivity contribution is -0.398. The van der Waals surface area contributed by atoms with Crippen LogP contribution in [-0.2, 0) is 0 Å². The Morgan fingerprint density at radius 1 is 1.23 bits per heavy atom. The molecule has 7 heteroatoms. The second-order valence-electron chi connectivity index (χ2n) is 4.65. The van der Waals surface area contributed by atoms with Crippen molar-refractivity contribution >= 4 is 29.2 Å². The number of halogens is 2. The molecule has 2 aromatic rings. The maximum atomic E-state index is 12.8. The fraction of sp³-hybridized carbons (Fsp3) is 0.133. The van der Waals surface area contributed by atoms with Gasteiger partial charge in [0.15, 0.2) is 0 Å². The monoisotopic (exact) mass is 321 g/mol. The minimum absolute atomic E-state index is 0.0478. The quantitative estimate of drug-likeness (QED) is 0.489. The SMILES string of the molecule is Cc1c(Cl)c(C)c([N+](=O)[O-])c([O-])c1C=Nc1ccc(F)cc1. The number of nitro benzene ring substituents is 1. The molecule has 0 aliphatic rings. The Morgan fingerprint density at radius 3 is 2.36 bits per heavy atom. The van der Waals surface area contributed by atoms with Crippen molar-refractivity contribution < 1.29 is 14.4 Å². The summed E-state index contributed by atoms with van der Waals surface area (Å²) in [7, 11) is 0. The molecule has 0 saturated carbocycles. The Balaban J connectivity index is 2.55. The summed E-state index contributed by atoms with van der Waals surface area (Å²) in [6, 6.07) is 5.30. The van der Waals surface area contributed by atoms with E-state index in [1.165, 1.54) is 37.4 Å². The van der Waals surface area contributed by atoms with Crippen LogP contribution in [0.2, 0.25) is 5.02 Å². The highest BCUT2D eigenvalue weighted by Gasteiger charge is 2.20. The number of rotatable bonds is 3. The molecule has 114 valence electrons. The Morgan fingerprint density at radius 2 is 1.82 bits per heavy atom. The largest absolute Gasteiger partial charge is 0.867 e. The molecule has 0 aliphatic carbocycles. The van der Waals surface area contributed by atoms with E-state index < -0.39 is 22.2 Å². The topological polar surface area (TPSA) is 78.6 Å². The number of hydrogen-bond donors (Lipinski definition) is 0. The number of nitro groups is 1. The maximum absolute atomic E-state index is 12.8. The van der Waals surface area contributed by atoms with Crippen molar-refractivity contribution in [1.29, 1.82) is 0 Å². The van der Waals surface area contributed by atoms with E-state index in [9.17, 15) is 19.6 Å². The first-order chi connectivity index (χ1) is 10.3. The summed E-state index contributed by atoms with van der Waals surface area (Å²) in [5.74, 6) is -1.15. The summed E-state index contributed by atoms with van der Waals surface area (Å²) in [5, 5.41) is 23.4. The molecule has 0 radical (unpaired) electrons. The van der Waals surface area contributed by atoms with Gasteiger partial charge in [0.2, 0.25) is 0 Å². The predicted molar refractivity (Wildman–Crippen MR) is 80.7 cm³/mol. The average molecular weight is 322 g/mol. The lowest BCUT2D eigenvalue weighted by Crippen LogP contribution is -2.07. The molecule has 5 nitrogen and oxygen atoms in total. The zero-order valence-electron chi connectivity index (χ0n) is 11.8. The first kappa shape index (κ1) is 15.9. The maximum Gasteiger partial charge on any atom is 0.266 e. The molecule has 0 unspecified atom stereocenters. The van der Waals surface area contributed by atoms with Crippen LogP contribution in [0.5, 0.6) is 5.75 Å². The van der Waals surface area contributed by atoms with Crippen LogP contribution >= 0.6 is 11.6 Å². The van der Waals surface area contributed by atoms with Crippen molar-refractivity contribution in [3.63, 3.8) is 0 Å². The molecule has 0 aromatic heterocycles. The molecule has 22 heavy (non-hydrogen) atoms. The summed E-state index contributed by atoms with van der Waals surface area (Å²) in [5.41, 5.74) is 0.455. The van der Waals surface area contributed by atoms with E-state index in [0.717, 1.165) is 0 Å². The van der Waals surface area contributed by atoms with Crippen molar-refractivity contribution in [1.82, 2.24) is 0 Å². The van der Waals surface area contributed by atoms with Gasteiger partial charge >= 0.3 is 0 Å². The molecule has 0 N–H and O–H groups in total. The molecule has 2 rings (SSSR count). The van der Waals surface area contributed by atoms with Crippen molar-refractivity contribution in [3.05, 3.63) is 61.9 Å². The second kappa shape index (κ2) is 6.11. The molecule has 0 amide bonds. The highest BCUT2D eigenvalue weighted by atomic mass is 35.5. The van der Waals surface area contributed by atoms with Crippen molar-refractivity contribution in [3.8, 4) is 5.75 Å². The Labute approximate surface area is 130 Å². The molecule has 0 aliphatic heterocycles. The van der Waals surface area contributed by atoms with Crippen LogP contribution in [0.25, 0.3) is 0 Å². The van der Waals surface area contributed by atoms with Crippen LogP contribution in [0.1, 0.15) is 16.7 Å². The number of benzene rings is 2. The first-order valence-electron chi connectivity index (χ1n) is 6.26. The van der Waals surface area contributed by atoms with Crippen molar-refractivity contribution in [2.45, 2.75) is 13.8 Å². The lowest BCUT2D eigenvalue weighted by atomic mass is 10.0. The molecule has 0 heterocycles. The van der Waals surface area contributed by atoms with Gasteiger partial charge in [0.1, 0.15) is 5.82 Å². The minimum atomic E-state index is -0.752. The van der Waals surface area contributed by atoms with Gasteiger partial charge in [-0.1, -0.05) is 11.6 Å². The van der Waals surface area contributed by atoms with E-state index in [-0.39, 0.29) is 16.1 Å². The van der Waals surface area contributed by atoms with Crippen molar-refractivity contribution in [2.75, 3.05) is 0 Å². The first-order valence-corrected chi connectivity index (χ1v) is 6.64. The van der Waals surface area contributed by atoms with E-state index in [0.29, 0.717) is 11.3 Å². The molecule has 0 atom stereocenters. The second-order valence-corrected chi connectivity index (χ2v) is 5.03. The van der Waals surface area contributed by atoms with E-state index in [4.69, 9.17) is 11.6 Å². The third kappa shape index (κ3) is 2.92. The van der Waals surface area contributed by atoms with Crippen LogP contribution in [0.15, 0.2) is 29.3 Å². The van der Waals surface area contributed by atoms with Gasteiger partial charge < -0.3 is 5.11 Å². The smallest absolute Gasteiger partial charge is 0.266 e. The van der Waals surface area contributed by atoms with Crippen LogP contribution in [-0.4, -0.2) is 11.1 Å². The fourth-order valence-electron chi connectivity index (χ4n) is 2.01.